The minimum Gasteiger partial charge on any atom is -0.340 e. The second-order valence-electron chi connectivity index (χ2n) is 5.27. The maximum atomic E-state index is 12.4. The molecular formula is C15H22N2O3S. The molecule has 1 aromatic rings. The number of sulfonamides is 1. The van der Waals surface area contributed by atoms with Gasteiger partial charge in [-0.2, -0.15) is 4.31 Å². The number of benzene rings is 1. The topological polar surface area (TPSA) is 57.7 Å². The van der Waals surface area contributed by atoms with Gasteiger partial charge in [-0.15, -0.1) is 0 Å². The first-order chi connectivity index (χ1) is 10.0. The van der Waals surface area contributed by atoms with Gasteiger partial charge in [-0.3, -0.25) is 4.79 Å². The maximum absolute atomic E-state index is 12.4. The van der Waals surface area contributed by atoms with E-state index in [0.29, 0.717) is 32.6 Å². The smallest absolute Gasteiger partial charge is 0.222 e. The van der Waals surface area contributed by atoms with E-state index < -0.39 is 10.0 Å². The summed E-state index contributed by atoms with van der Waals surface area (Å²) in [6, 6.07) is 9.18. The van der Waals surface area contributed by atoms with Crippen LogP contribution in [0.25, 0.3) is 0 Å². The Morgan fingerprint density at radius 1 is 1.10 bits per heavy atom. The molecule has 0 radical (unpaired) electrons. The fourth-order valence-corrected chi connectivity index (χ4v) is 3.98. The number of carbonyl (C=O) groups excluding carboxylic acids is 1. The van der Waals surface area contributed by atoms with Gasteiger partial charge in [0.05, 0.1) is 5.75 Å². The molecule has 0 saturated carbocycles. The molecule has 1 aliphatic heterocycles. The number of nitrogens with zero attached hydrogens (tertiary/aromatic N) is 2. The summed E-state index contributed by atoms with van der Waals surface area (Å²) in [6.07, 6.45) is 1.36. The molecule has 5 nitrogen and oxygen atoms in total. The van der Waals surface area contributed by atoms with Crippen molar-refractivity contribution in [3.8, 4) is 0 Å². The van der Waals surface area contributed by atoms with Gasteiger partial charge in [-0.05, 0) is 12.0 Å². The normalized spacial score (nSPS) is 16.9. The largest absolute Gasteiger partial charge is 0.340 e. The van der Waals surface area contributed by atoms with Crippen molar-refractivity contribution in [1.29, 1.82) is 0 Å². The molecule has 1 amide bonds. The van der Waals surface area contributed by atoms with E-state index in [1.54, 1.807) is 4.90 Å². The number of amides is 1. The van der Waals surface area contributed by atoms with Crippen LogP contribution >= 0.6 is 0 Å². The predicted octanol–water partition coefficient (Wildman–Crippen LogP) is 1.46. The van der Waals surface area contributed by atoms with Crippen molar-refractivity contribution in [3.05, 3.63) is 35.9 Å². The predicted molar refractivity (Wildman–Crippen MR) is 82.1 cm³/mol. The third-order valence-electron chi connectivity index (χ3n) is 3.64. The average molecular weight is 310 g/mol. The molecule has 0 bridgehead atoms. The Labute approximate surface area is 126 Å². The lowest BCUT2D eigenvalue weighted by atomic mass is 10.2. The first-order valence-corrected chi connectivity index (χ1v) is 8.93. The zero-order valence-corrected chi connectivity index (χ0v) is 13.2. The van der Waals surface area contributed by atoms with E-state index in [2.05, 4.69) is 0 Å². The SMILES string of the molecule is CCCC(=O)N1CCN(S(=O)(=O)Cc2ccccc2)CC1. The molecule has 0 spiro atoms. The van der Waals surface area contributed by atoms with Gasteiger partial charge in [0.2, 0.25) is 15.9 Å². The van der Waals surface area contributed by atoms with Crippen LogP contribution in [-0.4, -0.2) is 49.7 Å². The summed E-state index contributed by atoms with van der Waals surface area (Å²) in [7, 11) is -3.30. The van der Waals surface area contributed by atoms with Crippen LogP contribution in [0.3, 0.4) is 0 Å². The van der Waals surface area contributed by atoms with E-state index in [-0.39, 0.29) is 11.7 Å². The van der Waals surface area contributed by atoms with Crippen LogP contribution in [0.2, 0.25) is 0 Å². The van der Waals surface area contributed by atoms with Crippen LogP contribution in [0.1, 0.15) is 25.3 Å². The zero-order chi connectivity index (χ0) is 15.3. The quantitative estimate of drug-likeness (QED) is 0.827. The van der Waals surface area contributed by atoms with Gasteiger partial charge in [-0.25, -0.2) is 8.42 Å². The number of carbonyl (C=O) groups is 1. The molecule has 0 N–H and O–H groups in total. The summed E-state index contributed by atoms with van der Waals surface area (Å²) >= 11 is 0. The Hall–Kier alpha value is -1.40. The molecule has 6 heteroatoms. The second-order valence-corrected chi connectivity index (χ2v) is 7.24. The van der Waals surface area contributed by atoms with Crippen LogP contribution in [0.5, 0.6) is 0 Å². The van der Waals surface area contributed by atoms with Crippen LogP contribution in [0, 0.1) is 0 Å². The molecule has 1 fully saturated rings. The molecule has 1 heterocycles. The molecule has 0 aliphatic carbocycles. The molecular weight excluding hydrogens is 288 g/mol. The highest BCUT2D eigenvalue weighted by molar-refractivity contribution is 7.88. The monoisotopic (exact) mass is 310 g/mol. The van der Waals surface area contributed by atoms with Crippen molar-refractivity contribution in [3.63, 3.8) is 0 Å². The minimum absolute atomic E-state index is 0.0246. The maximum Gasteiger partial charge on any atom is 0.222 e. The van der Waals surface area contributed by atoms with E-state index in [1.165, 1.54) is 4.31 Å². The lowest BCUT2D eigenvalue weighted by Crippen LogP contribution is -2.50. The third-order valence-corrected chi connectivity index (χ3v) is 5.49. The minimum atomic E-state index is -3.30. The Kier molecular flexibility index (Phi) is 5.36. The standard InChI is InChI=1S/C15H22N2O3S/c1-2-6-15(18)16-9-11-17(12-10-16)21(19,20)13-14-7-4-3-5-8-14/h3-5,7-8H,2,6,9-13H2,1H3. The van der Waals surface area contributed by atoms with Crippen molar-refractivity contribution in [2.75, 3.05) is 26.2 Å². The van der Waals surface area contributed by atoms with Crippen molar-refractivity contribution in [2.45, 2.75) is 25.5 Å². The molecule has 0 aromatic heterocycles. The number of hydrogen-bond acceptors (Lipinski definition) is 3. The van der Waals surface area contributed by atoms with E-state index in [4.69, 9.17) is 0 Å². The molecule has 1 saturated heterocycles. The third kappa shape index (κ3) is 4.28. The summed E-state index contributed by atoms with van der Waals surface area (Å²) < 4.78 is 26.3. The van der Waals surface area contributed by atoms with E-state index in [1.807, 2.05) is 37.3 Å². The first kappa shape index (κ1) is 16.0. The lowest BCUT2D eigenvalue weighted by molar-refractivity contribution is -0.132. The highest BCUT2D eigenvalue weighted by Gasteiger charge is 2.28. The summed E-state index contributed by atoms with van der Waals surface area (Å²) in [5, 5.41) is 0. The molecule has 0 atom stereocenters. The first-order valence-electron chi connectivity index (χ1n) is 7.32. The fourth-order valence-electron chi connectivity index (χ4n) is 2.46. The summed E-state index contributed by atoms with van der Waals surface area (Å²) in [4.78, 5) is 13.6. The van der Waals surface area contributed by atoms with Gasteiger partial charge in [0, 0.05) is 32.6 Å². The molecule has 21 heavy (non-hydrogen) atoms. The molecule has 1 aromatic carbocycles. The van der Waals surface area contributed by atoms with Gasteiger partial charge < -0.3 is 4.90 Å². The Morgan fingerprint density at radius 3 is 2.29 bits per heavy atom. The average Bonchev–Trinajstić information content (AvgIpc) is 2.48. The van der Waals surface area contributed by atoms with E-state index in [9.17, 15) is 13.2 Å². The Balaban J connectivity index is 1.93. The molecule has 0 unspecified atom stereocenters. The van der Waals surface area contributed by atoms with Crippen molar-refractivity contribution < 1.29 is 13.2 Å². The van der Waals surface area contributed by atoms with E-state index in [0.717, 1.165) is 12.0 Å². The van der Waals surface area contributed by atoms with Crippen LogP contribution in [-0.2, 0) is 20.6 Å². The van der Waals surface area contributed by atoms with Gasteiger partial charge in [-0.1, -0.05) is 37.3 Å². The zero-order valence-electron chi connectivity index (χ0n) is 12.4. The second kappa shape index (κ2) is 7.04. The molecule has 2 rings (SSSR count). The van der Waals surface area contributed by atoms with Gasteiger partial charge in [0.1, 0.15) is 0 Å². The number of piperazine rings is 1. The molecule has 1 aliphatic rings. The molecule has 116 valence electrons. The van der Waals surface area contributed by atoms with Gasteiger partial charge >= 0.3 is 0 Å². The summed E-state index contributed by atoms with van der Waals surface area (Å²) in [6.45, 7) is 3.74. The highest BCUT2D eigenvalue weighted by Crippen LogP contribution is 2.14. The lowest BCUT2D eigenvalue weighted by Gasteiger charge is -2.34. The Morgan fingerprint density at radius 2 is 1.71 bits per heavy atom. The van der Waals surface area contributed by atoms with Crippen molar-refractivity contribution >= 4 is 15.9 Å². The van der Waals surface area contributed by atoms with Crippen LogP contribution in [0.15, 0.2) is 30.3 Å². The summed E-state index contributed by atoms with van der Waals surface area (Å²) in [5.41, 5.74) is 0.794. The van der Waals surface area contributed by atoms with E-state index >= 15 is 0 Å². The van der Waals surface area contributed by atoms with Gasteiger partial charge in [0.15, 0.2) is 0 Å². The number of hydrogen-bond donors (Lipinski definition) is 0. The highest BCUT2D eigenvalue weighted by atomic mass is 32.2. The Bertz CT molecular complexity index is 564. The van der Waals surface area contributed by atoms with Crippen LogP contribution in [0.4, 0.5) is 0 Å². The van der Waals surface area contributed by atoms with Crippen molar-refractivity contribution in [1.82, 2.24) is 9.21 Å². The van der Waals surface area contributed by atoms with Crippen molar-refractivity contribution in [2.24, 2.45) is 0 Å². The van der Waals surface area contributed by atoms with Gasteiger partial charge in [0.25, 0.3) is 0 Å². The van der Waals surface area contributed by atoms with Crippen LogP contribution < -0.4 is 0 Å². The fraction of sp³-hybridized carbons (Fsp3) is 0.533. The number of rotatable bonds is 5. The summed E-state index contributed by atoms with van der Waals surface area (Å²) in [5.74, 6) is 0.147.